The summed E-state index contributed by atoms with van der Waals surface area (Å²) >= 11 is 4.75. The molecule has 0 aromatic carbocycles. The summed E-state index contributed by atoms with van der Waals surface area (Å²) in [4.78, 5) is 0. The van der Waals surface area contributed by atoms with Crippen LogP contribution in [-0.2, 0) is 0 Å². The fraction of sp³-hybridized carbons (Fsp3) is 0. The summed E-state index contributed by atoms with van der Waals surface area (Å²) in [5.41, 5.74) is 0. The molecule has 0 aliphatic rings. The maximum atomic E-state index is 8.42. The summed E-state index contributed by atoms with van der Waals surface area (Å²) in [5.74, 6) is 0. The Labute approximate surface area is 60.8 Å². The molecule has 1 radical (unpaired) electrons. The van der Waals surface area contributed by atoms with Gasteiger partial charge in [-0.1, -0.05) is 0 Å². The third kappa shape index (κ3) is 1.34. The zero-order valence-corrected chi connectivity index (χ0v) is 6.37. The zero-order chi connectivity index (χ0) is 5.98. The van der Waals surface area contributed by atoms with Gasteiger partial charge in [0.2, 0.25) is 0 Å². The second kappa shape index (κ2) is 2.66. The van der Waals surface area contributed by atoms with Crippen LogP contribution in [0, 0.1) is 0 Å². The van der Waals surface area contributed by atoms with Crippen molar-refractivity contribution in [2.75, 3.05) is 0 Å². The molecule has 8 heavy (non-hydrogen) atoms. The highest BCUT2D eigenvalue weighted by Gasteiger charge is 1.94. The van der Waals surface area contributed by atoms with Crippen LogP contribution in [0.5, 0.6) is 0 Å². The molecular weight excluding hydrogens is 187 g/mol. The number of rotatable bonds is 1. The van der Waals surface area contributed by atoms with Crippen molar-refractivity contribution in [3.63, 3.8) is 0 Å². The lowest BCUT2D eigenvalue weighted by atomic mass is 10.0. The van der Waals surface area contributed by atoms with Crippen molar-refractivity contribution in [2.24, 2.45) is 0 Å². The molecule has 0 aliphatic heterocycles. The van der Waals surface area contributed by atoms with Gasteiger partial charge < -0.3 is 5.02 Å². The average molecular weight is 190 g/mol. The Balaban J connectivity index is 2.84. The van der Waals surface area contributed by atoms with E-state index in [2.05, 4.69) is 15.9 Å². The van der Waals surface area contributed by atoms with Gasteiger partial charge in [-0.15, -0.1) is 0 Å². The first-order valence-corrected chi connectivity index (χ1v) is 3.71. The second-order valence-corrected chi connectivity index (χ2v) is 3.15. The van der Waals surface area contributed by atoms with E-state index in [1.807, 2.05) is 11.4 Å². The normalized spacial score (nSPS) is 9.25. The van der Waals surface area contributed by atoms with Gasteiger partial charge in [0.05, 0.1) is 0 Å². The van der Waals surface area contributed by atoms with Crippen molar-refractivity contribution in [2.45, 2.75) is 0 Å². The molecule has 0 unspecified atom stereocenters. The van der Waals surface area contributed by atoms with Crippen LogP contribution in [0.3, 0.4) is 0 Å². The lowest BCUT2D eigenvalue weighted by Crippen LogP contribution is -2.06. The van der Waals surface area contributed by atoms with E-state index in [0.29, 0.717) is 0 Å². The van der Waals surface area contributed by atoms with E-state index in [4.69, 9.17) is 5.02 Å². The molecule has 0 amide bonds. The molecule has 1 rings (SSSR count). The number of halogens is 1. The Morgan fingerprint density at radius 1 is 1.75 bits per heavy atom. The van der Waals surface area contributed by atoms with Crippen LogP contribution in [0.1, 0.15) is 0 Å². The molecule has 0 fully saturated rings. The Kier molecular flexibility index (Phi) is 2.11. The zero-order valence-electron chi connectivity index (χ0n) is 3.97. The minimum atomic E-state index is 0.872. The maximum Gasteiger partial charge on any atom is 0.337 e. The Hall–Kier alpha value is 0.205. The molecule has 4 heteroatoms. The van der Waals surface area contributed by atoms with Crippen molar-refractivity contribution >= 4 is 39.5 Å². The largest absolute Gasteiger partial charge is 0.449 e. The van der Waals surface area contributed by atoms with E-state index < -0.39 is 0 Å². The SMILES string of the molecule is O[B]c1cc(Br)cs1. The molecule has 1 nitrogen and oxygen atoms in total. The van der Waals surface area contributed by atoms with Gasteiger partial charge in [0.25, 0.3) is 0 Å². The molecule has 0 aliphatic carbocycles. The smallest absolute Gasteiger partial charge is 0.337 e. The predicted octanol–water partition coefficient (Wildman–Crippen LogP) is 0.747. The van der Waals surface area contributed by atoms with Crippen LogP contribution in [0.4, 0.5) is 0 Å². The lowest BCUT2D eigenvalue weighted by molar-refractivity contribution is 0.616. The first-order valence-electron chi connectivity index (χ1n) is 2.04. The van der Waals surface area contributed by atoms with E-state index in [1.54, 1.807) is 0 Å². The number of thiophene rings is 1. The van der Waals surface area contributed by atoms with Gasteiger partial charge in [-0.2, -0.15) is 11.3 Å². The molecule has 1 heterocycles. The van der Waals surface area contributed by atoms with E-state index >= 15 is 0 Å². The molecule has 0 saturated heterocycles. The molecule has 1 aromatic rings. The Morgan fingerprint density at radius 2 is 2.50 bits per heavy atom. The predicted molar refractivity (Wildman–Crippen MR) is 39.6 cm³/mol. The van der Waals surface area contributed by atoms with Gasteiger partial charge >= 0.3 is 7.48 Å². The first kappa shape index (κ1) is 6.33. The highest BCUT2D eigenvalue weighted by molar-refractivity contribution is 9.10. The molecule has 0 spiro atoms. The van der Waals surface area contributed by atoms with Gasteiger partial charge in [-0.3, -0.25) is 0 Å². The lowest BCUT2D eigenvalue weighted by Gasteiger charge is -1.75. The molecule has 41 valence electrons. The molecule has 1 N–H and O–H groups in total. The van der Waals surface area contributed by atoms with Crippen molar-refractivity contribution in [3.8, 4) is 0 Å². The van der Waals surface area contributed by atoms with E-state index in [0.717, 1.165) is 16.7 Å². The van der Waals surface area contributed by atoms with Crippen LogP contribution in [0.15, 0.2) is 15.9 Å². The summed E-state index contributed by atoms with van der Waals surface area (Å²) in [5, 5.41) is 10.3. The van der Waals surface area contributed by atoms with Crippen molar-refractivity contribution in [3.05, 3.63) is 15.9 Å². The minimum Gasteiger partial charge on any atom is -0.449 e. The molecule has 1 aromatic heterocycles. The summed E-state index contributed by atoms with van der Waals surface area (Å²) in [6.07, 6.45) is 0. The Morgan fingerprint density at radius 3 is 2.75 bits per heavy atom. The van der Waals surface area contributed by atoms with Crippen LogP contribution >= 0.6 is 27.3 Å². The first-order chi connectivity index (χ1) is 3.83. The van der Waals surface area contributed by atoms with Crippen LogP contribution in [0.2, 0.25) is 0 Å². The highest BCUT2D eigenvalue weighted by Crippen LogP contribution is 2.09. The fourth-order valence-electron chi connectivity index (χ4n) is 0.396. The van der Waals surface area contributed by atoms with Crippen LogP contribution in [-0.4, -0.2) is 12.5 Å². The standard InChI is InChI=1S/C4H3BBrOS/c6-3-1-4(5-7)8-2-3/h1-2,7H. The fourth-order valence-corrected chi connectivity index (χ4v) is 1.65. The quantitative estimate of drug-likeness (QED) is 0.647. The molecule has 0 atom stereocenters. The minimum absolute atomic E-state index is 0.872. The van der Waals surface area contributed by atoms with E-state index in [1.165, 1.54) is 11.3 Å². The van der Waals surface area contributed by atoms with Gasteiger partial charge in [0.15, 0.2) is 0 Å². The highest BCUT2D eigenvalue weighted by atomic mass is 79.9. The van der Waals surface area contributed by atoms with Crippen molar-refractivity contribution in [1.29, 1.82) is 0 Å². The van der Waals surface area contributed by atoms with Crippen LogP contribution < -0.4 is 4.78 Å². The van der Waals surface area contributed by atoms with Gasteiger partial charge in [0, 0.05) is 14.6 Å². The van der Waals surface area contributed by atoms with Crippen LogP contribution in [0.25, 0.3) is 0 Å². The molecule has 0 saturated carbocycles. The Bertz CT molecular complexity index is 176. The molecule has 0 bridgehead atoms. The van der Waals surface area contributed by atoms with Gasteiger partial charge in [-0.05, 0) is 22.0 Å². The van der Waals surface area contributed by atoms with Gasteiger partial charge in [0.1, 0.15) is 0 Å². The molecular formula is C4H3BBrOS. The summed E-state index contributed by atoms with van der Waals surface area (Å²) in [6, 6.07) is 1.85. The maximum absolute atomic E-state index is 8.42. The summed E-state index contributed by atoms with van der Waals surface area (Å²) in [7, 11) is 1.09. The monoisotopic (exact) mass is 189 g/mol. The number of hydrogen-bond donors (Lipinski definition) is 1. The summed E-state index contributed by atoms with van der Waals surface area (Å²) in [6.45, 7) is 0. The third-order valence-corrected chi connectivity index (χ3v) is 2.34. The van der Waals surface area contributed by atoms with E-state index in [9.17, 15) is 0 Å². The summed E-state index contributed by atoms with van der Waals surface area (Å²) < 4.78 is 1.89. The topological polar surface area (TPSA) is 20.2 Å². The van der Waals surface area contributed by atoms with Crippen molar-refractivity contribution in [1.82, 2.24) is 0 Å². The third-order valence-electron chi connectivity index (χ3n) is 0.715. The van der Waals surface area contributed by atoms with Crippen molar-refractivity contribution < 1.29 is 5.02 Å². The average Bonchev–Trinajstić information content (AvgIpc) is 2.14. The second-order valence-electron chi connectivity index (χ2n) is 1.30. The van der Waals surface area contributed by atoms with Gasteiger partial charge in [-0.25, -0.2) is 0 Å². The number of hydrogen-bond acceptors (Lipinski definition) is 2. The van der Waals surface area contributed by atoms with E-state index in [-0.39, 0.29) is 0 Å².